The summed E-state index contributed by atoms with van der Waals surface area (Å²) in [5.74, 6) is -0.0132. The monoisotopic (exact) mass is 494 g/mol. The van der Waals surface area contributed by atoms with Crippen LogP contribution in [0.15, 0.2) is 53.4 Å². The summed E-state index contributed by atoms with van der Waals surface area (Å²) >= 11 is 3.31. The van der Waals surface area contributed by atoms with Gasteiger partial charge in [-0.25, -0.2) is 14.4 Å². The lowest BCUT2D eigenvalue weighted by atomic mass is 10.0. The van der Waals surface area contributed by atoms with Crippen LogP contribution in [0.4, 0.5) is 16.0 Å². The molecule has 0 spiro atoms. The van der Waals surface area contributed by atoms with Gasteiger partial charge < -0.3 is 5.32 Å². The van der Waals surface area contributed by atoms with Gasteiger partial charge in [-0.15, -0.1) is 0 Å². The highest BCUT2D eigenvalue weighted by molar-refractivity contribution is 9.10. The third kappa shape index (κ3) is 4.66. The maximum absolute atomic E-state index is 14.4. The molecule has 1 fully saturated rings. The van der Waals surface area contributed by atoms with Gasteiger partial charge in [0, 0.05) is 47.1 Å². The van der Waals surface area contributed by atoms with Crippen molar-refractivity contribution in [3.05, 3.63) is 64.8 Å². The number of piperidine rings is 1. The predicted molar refractivity (Wildman–Crippen MR) is 128 cm³/mol. The molecule has 0 radical (unpaired) electrons. The molecule has 0 unspecified atom stereocenters. The quantitative estimate of drug-likeness (QED) is 0.387. The van der Waals surface area contributed by atoms with E-state index in [4.69, 9.17) is 0 Å². The average molecular weight is 495 g/mol. The SMILES string of the molecule is Cn1cc(-c2cc(CN3CCCCC3)cc(Nc3ncc4cc(Br)cc(F)c4n3)c2)cn1. The smallest absolute Gasteiger partial charge is 0.227 e. The van der Waals surface area contributed by atoms with E-state index in [2.05, 4.69) is 59.4 Å². The normalized spacial score (nSPS) is 14.7. The van der Waals surface area contributed by atoms with Crippen LogP contribution >= 0.6 is 15.9 Å². The van der Waals surface area contributed by atoms with Crippen LogP contribution in [0.25, 0.3) is 22.0 Å². The minimum atomic E-state index is -0.380. The molecule has 1 saturated heterocycles. The number of hydrogen-bond donors (Lipinski definition) is 1. The van der Waals surface area contributed by atoms with Crippen LogP contribution in [-0.4, -0.2) is 37.7 Å². The molecule has 1 N–H and O–H groups in total. The molecule has 0 amide bonds. The first kappa shape index (κ1) is 21.0. The molecule has 1 aliphatic heterocycles. The molecule has 0 atom stereocenters. The highest BCUT2D eigenvalue weighted by Gasteiger charge is 2.13. The number of likely N-dealkylation sites (tertiary alicyclic amines) is 1. The van der Waals surface area contributed by atoms with Crippen LogP contribution in [0.3, 0.4) is 0 Å². The van der Waals surface area contributed by atoms with Crippen LogP contribution in [0.2, 0.25) is 0 Å². The second-order valence-electron chi connectivity index (χ2n) is 8.30. The van der Waals surface area contributed by atoms with E-state index >= 15 is 0 Å². The highest BCUT2D eigenvalue weighted by atomic mass is 79.9. The van der Waals surface area contributed by atoms with Gasteiger partial charge >= 0.3 is 0 Å². The highest BCUT2D eigenvalue weighted by Crippen LogP contribution is 2.28. The summed E-state index contributed by atoms with van der Waals surface area (Å²) in [4.78, 5) is 11.3. The Kier molecular flexibility index (Phi) is 5.89. The van der Waals surface area contributed by atoms with Gasteiger partial charge in [0.1, 0.15) is 5.52 Å². The number of benzene rings is 2. The van der Waals surface area contributed by atoms with Crippen LogP contribution in [-0.2, 0) is 13.6 Å². The molecule has 164 valence electrons. The second kappa shape index (κ2) is 8.96. The molecule has 5 rings (SSSR count). The number of hydrogen-bond acceptors (Lipinski definition) is 5. The first-order chi connectivity index (χ1) is 15.5. The Hall–Kier alpha value is -2.84. The molecule has 2 aromatic heterocycles. The number of anilines is 2. The van der Waals surface area contributed by atoms with Crippen LogP contribution < -0.4 is 5.32 Å². The van der Waals surface area contributed by atoms with E-state index in [1.807, 2.05) is 25.5 Å². The van der Waals surface area contributed by atoms with Crippen molar-refractivity contribution in [2.24, 2.45) is 7.05 Å². The predicted octanol–water partition coefficient (Wildman–Crippen LogP) is 5.66. The molecule has 32 heavy (non-hydrogen) atoms. The lowest BCUT2D eigenvalue weighted by Crippen LogP contribution is -2.29. The minimum Gasteiger partial charge on any atom is -0.324 e. The zero-order valence-corrected chi connectivity index (χ0v) is 19.4. The average Bonchev–Trinajstić information content (AvgIpc) is 3.21. The lowest BCUT2D eigenvalue weighted by molar-refractivity contribution is 0.221. The topological polar surface area (TPSA) is 58.9 Å². The first-order valence-electron chi connectivity index (χ1n) is 10.8. The van der Waals surface area contributed by atoms with E-state index in [-0.39, 0.29) is 5.82 Å². The molecule has 6 nitrogen and oxygen atoms in total. The number of aromatic nitrogens is 4. The van der Waals surface area contributed by atoms with E-state index in [1.54, 1.807) is 10.9 Å². The molecular weight excluding hydrogens is 471 g/mol. The molecule has 0 bridgehead atoms. The van der Waals surface area contributed by atoms with E-state index in [0.717, 1.165) is 36.4 Å². The fourth-order valence-electron chi connectivity index (χ4n) is 4.23. The van der Waals surface area contributed by atoms with E-state index in [9.17, 15) is 4.39 Å². The summed E-state index contributed by atoms with van der Waals surface area (Å²) in [6.07, 6.45) is 9.32. The molecule has 3 heterocycles. The maximum Gasteiger partial charge on any atom is 0.227 e. The molecule has 4 aromatic rings. The number of fused-ring (bicyclic) bond motifs is 1. The molecule has 2 aromatic carbocycles. The zero-order valence-electron chi connectivity index (χ0n) is 17.9. The van der Waals surface area contributed by atoms with Gasteiger partial charge in [-0.1, -0.05) is 22.4 Å². The number of nitrogens with zero attached hydrogens (tertiary/aromatic N) is 5. The Balaban J connectivity index is 1.49. The molecule has 0 aliphatic carbocycles. The Morgan fingerprint density at radius 1 is 1.03 bits per heavy atom. The lowest BCUT2D eigenvalue weighted by Gasteiger charge is -2.26. The van der Waals surface area contributed by atoms with Crippen LogP contribution in [0.1, 0.15) is 24.8 Å². The van der Waals surface area contributed by atoms with Crippen LogP contribution in [0, 0.1) is 5.82 Å². The van der Waals surface area contributed by atoms with Gasteiger partial charge in [0.2, 0.25) is 5.95 Å². The van der Waals surface area contributed by atoms with Crippen molar-refractivity contribution in [2.75, 3.05) is 18.4 Å². The number of rotatable bonds is 5. The summed E-state index contributed by atoms with van der Waals surface area (Å²) in [5.41, 5.74) is 4.50. The first-order valence-corrected chi connectivity index (χ1v) is 11.6. The Labute approximate surface area is 194 Å². The number of halogens is 2. The summed E-state index contributed by atoms with van der Waals surface area (Å²) in [6.45, 7) is 3.15. The van der Waals surface area contributed by atoms with Crippen molar-refractivity contribution in [3.63, 3.8) is 0 Å². The minimum absolute atomic E-state index is 0.294. The molecule has 0 saturated carbocycles. The van der Waals surface area contributed by atoms with Gasteiger partial charge in [0.15, 0.2) is 5.82 Å². The summed E-state index contributed by atoms with van der Waals surface area (Å²) in [6, 6.07) is 9.62. The third-order valence-corrected chi connectivity index (χ3v) is 6.20. The second-order valence-corrected chi connectivity index (χ2v) is 9.22. The number of aryl methyl sites for hydroxylation is 1. The summed E-state index contributed by atoms with van der Waals surface area (Å²) in [7, 11) is 1.91. The van der Waals surface area contributed by atoms with Crippen molar-refractivity contribution in [2.45, 2.75) is 25.8 Å². The van der Waals surface area contributed by atoms with Crippen molar-refractivity contribution in [1.82, 2.24) is 24.6 Å². The Bertz CT molecular complexity index is 1260. The van der Waals surface area contributed by atoms with E-state index in [0.29, 0.717) is 21.3 Å². The van der Waals surface area contributed by atoms with Crippen LogP contribution in [0.5, 0.6) is 0 Å². The molecule has 1 aliphatic rings. The molecule has 8 heteroatoms. The standard InChI is InChI=1S/C24H24BrFN6/c1-31-15-19(13-28-31)17-7-16(14-32-5-3-2-4-6-32)8-21(10-17)29-24-27-12-18-9-20(25)11-22(26)23(18)30-24/h7-13,15H,2-6,14H2,1H3,(H,27,29,30). The van der Waals surface area contributed by atoms with Crippen molar-refractivity contribution >= 4 is 38.5 Å². The van der Waals surface area contributed by atoms with Gasteiger partial charge in [-0.05, 0) is 67.4 Å². The third-order valence-electron chi connectivity index (χ3n) is 5.74. The van der Waals surface area contributed by atoms with E-state index in [1.165, 1.54) is 30.9 Å². The van der Waals surface area contributed by atoms with E-state index < -0.39 is 0 Å². The van der Waals surface area contributed by atoms with Gasteiger partial charge in [-0.3, -0.25) is 9.58 Å². The Morgan fingerprint density at radius 3 is 2.66 bits per heavy atom. The van der Waals surface area contributed by atoms with Crippen molar-refractivity contribution in [1.29, 1.82) is 0 Å². The fraction of sp³-hybridized carbons (Fsp3) is 0.292. The summed E-state index contributed by atoms with van der Waals surface area (Å²) < 4.78 is 16.9. The summed E-state index contributed by atoms with van der Waals surface area (Å²) in [5, 5.41) is 8.26. The molecular formula is C24H24BrFN6. The fourth-order valence-corrected chi connectivity index (χ4v) is 4.67. The largest absolute Gasteiger partial charge is 0.324 e. The van der Waals surface area contributed by atoms with Gasteiger partial charge in [0.05, 0.1) is 6.20 Å². The van der Waals surface area contributed by atoms with Crippen molar-refractivity contribution in [3.8, 4) is 11.1 Å². The number of nitrogens with one attached hydrogen (secondary N) is 1. The van der Waals surface area contributed by atoms with Crippen molar-refractivity contribution < 1.29 is 4.39 Å². The Morgan fingerprint density at radius 2 is 1.88 bits per heavy atom. The van der Waals surface area contributed by atoms with Gasteiger partial charge in [0.25, 0.3) is 0 Å². The zero-order chi connectivity index (χ0) is 22.1. The van der Waals surface area contributed by atoms with Gasteiger partial charge in [-0.2, -0.15) is 5.10 Å². The maximum atomic E-state index is 14.4.